The Bertz CT molecular complexity index is 379. The Morgan fingerprint density at radius 3 is 2.44 bits per heavy atom. The van der Waals surface area contributed by atoms with Crippen LogP contribution >= 0.6 is 0 Å². The third-order valence-electron chi connectivity index (χ3n) is 2.37. The van der Waals surface area contributed by atoms with Gasteiger partial charge in [-0.2, -0.15) is 13.2 Å². The smallest absolute Gasteiger partial charge is 0.408 e. The maximum Gasteiger partial charge on any atom is 0.408 e. The molecule has 3 nitrogen and oxygen atoms in total. The molecule has 6 heteroatoms. The van der Waals surface area contributed by atoms with Gasteiger partial charge in [-0.3, -0.25) is 4.79 Å². The second-order valence-corrected chi connectivity index (χ2v) is 3.72. The van der Waals surface area contributed by atoms with Crippen molar-refractivity contribution >= 4 is 11.7 Å². The fourth-order valence-corrected chi connectivity index (χ4v) is 1.42. The molecule has 0 saturated carbocycles. The predicted molar refractivity (Wildman–Crippen MR) is 61.2 cm³/mol. The quantitative estimate of drug-likeness (QED) is 0.828. The first-order chi connectivity index (χ1) is 8.43. The first-order valence-electron chi connectivity index (χ1n) is 5.38. The van der Waals surface area contributed by atoms with E-state index in [2.05, 4.69) is 10.1 Å². The number of hydrogen-bond donors (Lipinski definition) is 1. The van der Waals surface area contributed by atoms with Crippen molar-refractivity contribution in [3.8, 4) is 0 Å². The van der Waals surface area contributed by atoms with Crippen LogP contribution in [0, 0.1) is 0 Å². The zero-order valence-corrected chi connectivity index (χ0v) is 9.83. The van der Waals surface area contributed by atoms with Gasteiger partial charge in [0.15, 0.2) is 0 Å². The van der Waals surface area contributed by atoms with Crippen LogP contribution in [0.25, 0.3) is 0 Å². The molecule has 0 unspecified atom stereocenters. The zero-order chi connectivity index (χ0) is 13.6. The number of carbonyl (C=O) groups excluding carboxylic acids is 1. The Balaban J connectivity index is 2.65. The lowest BCUT2D eigenvalue weighted by molar-refractivity contribution is -0.149. The summed E-state index contributed by atoms with van der Waals surface area (Å²) in [5, 5.41) is 2.37. The van der Waals surface area contributed by atoms with E-state index in [1.54, 1.807) is 18.2 Å². The number of rotatable bonds is 5. The number of esters is 1. The summed E-state index contributed by atoms with van der Waals surface area (Å²) in [4.78, 5) is 10.9. The number of para-hydroxylation sites is 1. The van der Waals surface area contributed by atoms with Gasteiger partial charge in [0, 0.05) is 12.1 Å². The minimum absolute atomic E-state index is 0.277. The van der Waals surface area contributed by atoms with Gasteiger partial charge in [-0.15, -0.1) is 0 Å². The topological polar surface area (TPSA) is 38.3 Å². The van der Waals surface area contributed by atoms with Crippen molar-refractivity contribution in [2.24, 2.45) is 0 Å². The predicted octanol–water partition coefficient (Wildman–Crippen LogP) is 2.98. The molecule has 100 valence electrons. The summed E-state index contributed by atoms with van der Waals surface area (Å²) in [6, 6.07) is 6.29. The molecular formula is C12H14F3NO2. The summed E-state index contributed by atoms with van der Waals surface area (Å²) in [5.41, 5.74) is 0.365. The Labute approximate surface area is 103 Å². The molecule has 0 amide bonds. The van der Waals surface area contributed by atoms with Crippen molar-refractivity contribution in [3.63, 3.8) is 0 Å². The fraction of sp³-hybridized carbons (Fsp3) is 0.417. The van der Waals surface area contributed by atoms with Gasteiger partial charge < -0.3 is 10.1 Å². The Kier molecular flexibility index (Phi) is 5.00. The summed E-state index contributed by atoms with van der Waals surface area (Å²) < 4.78 is 42.6. The van der Waals surface area contributed by atoms with E-state index in [-0.39, 0.29) is 12.8 Å². The van der Waals surface area contributed by atoms with E-state index in [4.69, 9.17) is 0 Å². The summed E-state index contributed by atoms with van der Waals surface area (Å²) in [5.74, 6) is -0.654. The molecule has 0 heterocycles. The minimum atomic E-state index is -4.41. The molecule has 0 aliphatic heterocycles. The van der Waals surface area contributed by atoms with Gasteiger partial charge in [-0.05, 0) is 18.6 Å². The Morgan fingerprint density at radius 1 is 1.33 bits per heavy atom. The van der Waals surface area contributed by atoms with Gasteiger partial charge in [0.2, 0.25) is 0 Å². The molecule has 0 spiro atoms. The van der Waals surface area contributed by atoms with E-state index in [1.165, 1.54) is 12.1 Å². The highest BCUT2D eigenvalue weighted by atomic mass is 19.4. The number of nitrogens with one attached hydrogen (secondary N) is 1. The van der Waals surface area contributed by atoms with Gasteiger partial charge in [0.1, 0.15) is 6.04 Å². The van der Waals surface area contributed by atoms with Crippen LogP contribution in [0.2, 0.25) is 0 Å². The second-order valence-electron chi connectivity index (χ2n) is 3.72. The van der Waals surface area contributed by atoms with Gasteiger partial charge >= 0.3 is 12.1 Å². The molecule has 18 heavy (non-hydrogen) atoms. The van der Waals surface area contributed by atoms with E-state index in [0.717, 1.165) is 7.11 Å². The van der Waals surface area contributed by atoms with Crippen LogP contribution in [0.5, 0.6) is 0 Å². The maximum absolute atomic E-state index is 12.7. The number of alkyl halides is 3. The first-order valence-corrected chi connectivity index (χ1v) is 5.38. The molecule has 1 rings (SSSR count). The average molecular weight is 261 g/mol. The van der Waals surface area contributed by atoms with Crippen molar-refractivity contribution in [1.29, 1.82) is 0 Å². The van der Waals surface area contributed by atoms with Crippen LogP contribution in [-0.2, 0) is 9.53 Å². The summed E-state index contributed by atoms with van der Waals surface area (Å²) >= 11 is 0. The number of carbonyl (C=O) groups is 1. The lowest BCUT2D eigenvalue weighted by Crippen LogP contribution is -2.36. The molecule has 1 atom stereocenters. The molecule has 0 saturated heterocycles. The number of hydrogen-bond acceptors (Lipinski definition) is 3. The fourth-order valence-electron chi connectivity index (χ4n) is 1.42. The lowest BCUT2D eigenvalue weighted by atomic mass is 10.1. The van der Waals surface area contributed by atoms with Gasteiger partial charge in [0.05, 0.1) is 7.11 Å². The monoisotopic (exact) mass is 261 g/mol. The van der Waals surface area contributed by atoms with E-state index in [9.17, 15) is 18.0 Å². The summed E-state index contributed by atoms with van der Waals surface area (Å²) in [6.07, 6.45) is -5.05. The van der Waals surface area contributed by atoms with Gasteiger partial charge in [0.25, 0.3) is 0 Å². The van der Waals surface area contributed by atoms with E-state index in [1.807, 2.05) is 0 Å². The molecule has 0 fully saturated rings. The molecule has 1 aromatic carbocycles. The van der Waals surface area contributed by atoms with Gasteiger partial charge in [-0.25, -0.2) is 0 Å². The Morgan fingerprint density at radius 2 is 1.94 bits per heavy atom. The van der Waals surface area contributed by atoms with Crippen molar-refractivity contribution in [3.05, 3.63) is 30.3 Å². The molecule has 0 radical (unpaired) electrons. The number of halogens is 3. The number of ether oxygens (including phenoxy) is 1. The first kappa shape index (κ1) is 14.3. The summed E-state index contributed by atoms with van der Waals surface area (Å²) in [6.45, 7) is 0. The van der Waals surface area contributed by atoms with E-state index < -0.39 is 18.2 Å². The van der Waals surface area contributed by atoms with E-state index >= 15 is 0 Å². The van der Waals surface area contributed by atoms with Crippen molar-refractivity contribution < 1.29 is 22.7 Å². The highest BCUT2D eigenvalue weighted by Crippen LogP contribution is 2.26. The van der Waals surface area contributed by atoms with Crippen LogP contribution in [0.4, 0.5) is 18.9 Å². The molecule has 0 bridgehead atoms. The zero-order valence-electron chi connectivity index (χ0n) is 9.83. The molecule has 1 aromatic rings. The number of methoxy groups -OCH3 is 1. The highest BCUT2D eigenvalue weighted by molar-refractivity contribution is 5.69. The van der Waals surface area contributed by atoms with Crippen molar-refractivity contribution in [1.82, 2.24) is 0 Å². The van der Waals surface area contributed by atoms with Crippen LogP contribution in [0.15, 0.2) is 30.3 Å². The van der Waals surface area contributed by atoms with Crippen molar-refractivity contribution in [2.45, 2.75) is 25.1 Å². The maximum atomic E-state index is 12.7. The summed E-state index contributed by atoms with van der Waals surface area (Å²) in [7, 11) is 1.15. The van der Waals surface area contributed by atoms with E-state index in [0.29, 0.717) is 5.69 Å². The normalized spacial score (nSPS) is 12.9. The molecule has 0 aliphatic rings. The van der Waals surface area contributed by atoms with Gasteiger partial charge in [-0.1, -0.05) is 18.2 Å². The van der Waals surface area contributed by atoms with Crippen LogP contribution in [0.1, 0.15) is 12.8 Å². The SMILES string of the molecule is COC(=O)CC[C@@H](Nc1ccccc1)C(F)(F)F. The molecular weight excluding hydrogens is 247 g/mol. The van der Waals surface area contributed by atoms with Crippen LogP contribution in [-0.4, -0.2) is 25.3 Å². The molecule has 0 aliphatic carbocycles. The average Bonchev–Trinajstić information content (AvgIpc) is 2.33. The lowest BCUT2D eigenvalue weighted by Gasteiger charge is -2.22. The number of benzene rings is 1. The standard InChI is InChI=1S/C12H14F3NO2/c1-18-11(17)8-7-10(12(13,14)15)16-9-5-3-2-4-6-9/h2-6,10,16H,7-8H2,1H3/t10-/m1/s1. The second kappa shape index (κ2) is 6.28. The third kappa shape index (κ3) is 4.65. The third-order valence-corrected chi connectivity index (χ3v) is 2.37. The molecule has 0 aromatic heterocycles. The van der Waals surface area contributed by atoms with Crippen LogP contribution in [0.3, 0.4) is 0 Å². The number of anilines is 1. The minimum Gasteiger partial charge on any atom is -0.469 e. The van der Waals surface area contributed by atoms with Crippen LogP contribution < -0.4 is 5.32 Å². The highest BCUT2D eigenvalue weighted by Gasteiger charge is 2.39. The van der Waals surface area contributed by atoms with Crippen molar-refractivity contribution in [2.75, 3.05) is 12.4 Å². The molecule has 1 N–H and O–H groups in total. The largest absolute Gasteiger partial charge is 0.469 e. The Hall–Kier alpha value is -1.72.